The molecule has 8 heteroatoms. The Morgan fingerprint density at radius 3 is 2.71 bits per heavy atom. The first-order valence-electron chi connectivity index (χ1n) is 5.30. The van der Waals surface area contributed by atoms with Crippen LogP contribution in [0.25, 0.3) is 0 Å². The van der Waals surface area contributed by atoms with Gasteiger partial charge in [0.25, 0.3) is 10.0 Å². The Bertz CT molecular complexity index is 485. The van der Waals surface area contributed by atoms with Crippen LogP contribution < -0.4 is 5.73 Å². The van der Waals surface area contributed by atoms with Gasteiger partial charge in [0, 0.05) is 19.7 Å². The first-order valence-corrected chi connectivity index (χ1v) is 6.74. The molecule has 0 radical (unpaired) electrons. The van der Waals surface area contributed by atoms with Crippen LogP contribution >= 0.6 is 0 Å². The average Bonchev–Trinajstić information content (AvgIpc) is 2.51. The summed E-state index contributed by atoms with van der Waals surface area (Å²) in [5.74, 6) is 0.115. The third kappa shape index (κ3) is 2.03. The van der Waals surface area contributed by atoms with Crippen molar-refractivity contribution in [3.8, 4) is 0 Å². The summed E-state index contributed by atoms with van der Waals surface area (Å²) in [6, 6.07) is 0. The van der Waals surface area contributed by atoms with Gasteiger partial charge >= 0.3 is 0 Å². The van der Waals surface area contributed by atoms with E-state index in [4.69, 9.17) is 15.0 Å². The largest absolute Gasteiger partial charge is 0.380 e. The lowest BCUT2D eigenvalue weighted by molar-refractivity contribution is -0.0135. The van der Waals surface area contributed by atoms with E-state index in [0.29, 0.717) is 19.7 Å². The molecule has 1 saturated heterocycles. The lowest BCUT2D eigenvalue weighted by atomic mass is 10.2. The van der Waals surface area contributed by atoms with Gasteiger partial charge in [-0.15, -0.1) is 0 Å². The number of nitrogens with zero attached hydrogens (tertiary/aromatic N) is 2. The highest BCUT2D eigenvalue weighted by Gasteiger charge is 2.40. The molecule has 0 unspecified atom stereocenters. The van der Waals surface area contributed by atoms with Gasteiger partial charge < -0.3 is 15.0 Å². The normalized spacial score (nSPS) is 18.2. The van der Waals surface area contributed by atoms with Crippen molar-refractivity contribution in [1.82, 2.24) is 9.46 Å². The first kappa shape index (κ1) is 12.3. The number of sulfonamides is 1. The van der Waals surface area contributed by atoms with Crippen LogP contribution in [-0.4, -0.2) is 43.7 Å². The number of nitrogens with two attached hydrogens (primary N) is 1. The number of aryl methyl sites for hydroxylation is 1. The molecule has 1 aromatic heterocycles. The van der Waals surface area contributed by atoms with E-state index < -0.39 is 10.0 Å². The molecule has 0 atom stereocenters. The molecule has 0 aromatic carbocycles. The van der Waals surface area contributed by atoms with Gasteiger partial charge in [-0.05, 0) is 13.8 Å². The van der Waals surface area contributed by atoms with Gasteiger partial charge in [-0.3, -0.25) is 0 Å². The van der Waals surface area contributed by atoms with E-state index in [9.17, 15) is 8.42 Å². The maximum absolute atomic E-state index is 12.2. The van der Waals surface area contributed by atoms with Crippen LogP contribution in [0.4, 0.5) is 5.82 Å². The third-order valence-electron chi connectivity index (χ3n) is 2.65. The van der Waals surface area contributed by atoms with Gasteiger partial charge in [-0.1, -0.05) is 5.16 Å². The Morgan fingerprint density at radius 2 is 2.24 bits per heavy atom. The van der Waals surface area contributed by atoms with Crippen molar-refractivity contribution >= 4 is 15.8 Å². The number of hydrogen-bond donors (Lipinski definition) is 1. The first-order chi connectivity index (χ1) is 7.96. The molecule has 1 aromatic rings. The number of rotatable bonds is 4. The van der Waals surface area contributed by atoms with Crippen LogP contribution in [0.15, 0.2) is 9.42 Å². The Morgan fingerprint density at radius 1 is 1.59 bits per heavy atom. The summed E-state index contributed by atoms with van der Waals surface area (Å²) >= 11 is 0. The molecular formula is C9H15N3O4S. The van der Waals surface area contributed by atoms with Gasteiger partial charge in [-0.25, -0.2) is 8.42 Å². The van der Waals surface area contributed by atoms with Crippen LogP contribution in [0.1, 0.15) is 12.7 Å². The van der Waals surface area contributed by atoms with Crippen LogP contribution in [-0.2, 0) is 14.8 Å². The van der Waals surface area contributed by atoms with Crippen molar-refractivity contribution in [3.05, 3.63) is 5.76 Å². The number of ether oxygens (including phenoxy) is 1. The van der Waals surface area contributed by atoms with E-state index in [2.05, 4.69) is 5.16 Å². The Kier molecular flexibility index (Phi) is 3.11. The molecule has 0 spiro atoms. The summed E-state index contributed by atoms with van der Waals surface area (Å²) in [6.07, 6.45) is -0.0313. The number of anilines is 1. The standard InChI is InChI=1S/C9H15N3O4S/c1-3-15-7-4-12(5-7)17(13,14)8-6(2)16-11-9(8)10/h7H,3-5H2,1-2H3,(H2,10,11). The Labute approximate surface area is 99.6 Å². The number of nitrogen functional groups attached to an aromatic ring is 1. The summed E-state index contributed by atoms with van der Waals surface area (Å²) in [7, 11) is -3.60. The quantitative estimate of drug-likeness (QED) is 0.817. The zero-order chi connectivity index (χ0) is 12.6. The third-order valence-corrected chi connectivity index (χ3v) is 4.64. The second kappa shape index (κ2) is 4.28. The summed E-state index contributed by atoms with van der Waals surface area (Å²) in [4.78, 5) is -0.0348. The van der Waals surface area contributed by atoms with E-state index >= 15 is 0 Å². The van der Waals surface area contributed by atoms with E-state index in [1.54, 1.807) is 0 Å². The average molecular weight is 261 g/mol. The molecule has 2 N–H and O–H groups in total. The lowest BCUT2D eigenvalue weighted by Crippen LogP contribution is -2.54. The van der Waals surface area contributed by atoms with Gasteiger partial charge in [0.1, 0.15) is 0 Å². The lowest BCUT2D eigenvalue weighted by Gasteiger charge is -2.37. The van der Waals surface area contributed by atoms with Gasteiger partial charge in [0.15, 0.2) is 16.5 Å². The minimum Gasteiger partial charge on any atom is -0.380 e. The molecule has 7 nitrogen and oxygen atoms in total. The zero-order valence-corrected chi connectivity index (χ0v) is 10.5. The minimum atomic E-state index is -3.60. The van der Waals surface area contributed by atoms with Gasteiger partial charge in [0.2, 0.25) is 0 Å². The maximum Gasteiger partial charge on any atom is 0.250 e. The van der Waals surface area contributed by atoms with Crippen molar-refractivity contribution in [2.75, 3.05) is 25.4 Å². The van der Waals surface area contributed by atoms with E-state index in [0.717, 1.165) is 0 Å². The topological polar surface area (TPSA) is 98.7 Å². The molecular weight excluding hydrogens is 246 g/mol. The molecule has 2 rings (SSSR count). The predicted octanol–water partition coefficient (Wildman–Crippen LogP) is -0.0254. The fourth-order valence-electron chi connectivity index (χ4n) is 1.76. The van der Waals surface area contributed by atoms with Crippen molar-refractivity contribution in [2.45, 2.75) is 24.8 Å². The summed E-state index contributed by atoms with van der Waals surface area (Å²) in [5.41, 5.74) is 5.50. The smallest absolute Gasteiger partial charge is 0.250 e. The minimum absolute atomic E-state index is 0.0313. The summed E-state index contributed by atoms with van der Waals surface area (Å²) in [6.45, 7) is 4.67. The second-order valence-electron chi connectivity index (χ2n) is 3.85. The van der Waals surface area contributed by atoms with Gasteiger partial charge in [-0.2, -0.15) is 4.31 Å². The number of hydrogen-bond acceptors (Lipinski definition) is 6. The molecule has 96 valence electrons. The molecule has 0 saturated carbocycles. The molecule has 0 bridgehead atoms. The highest BCUT2D eigenvalue weighted by molar-refractivity contribution is 7.89. The fraction of sp³-hybridized carbons (Fsp3) is 0.667. The van der Waals surface area contributed by atoms with Crippen molar-refractivity contribution in [3.63, 3.8) is 0 Å². The van der Waals surface area contributed by atoms with Crippen molar-refractivity contribution in [2.24, 2.45) is 0 Å². The highest BCUT2D eigenvalue weighted by Crippen LogP contribution is 2.28. The fourth-order valence-corrected chi connectivity index (χ4v) is 3.45. The predicted molar refractivity (Wildman–Crippen MR) is 59.8 cm³/mol. The molecule has 1 aliphatic rings. The Hall–Kier alpha value is -1.12. The van der Waals surface area contributed by atoms with E-state index in [1.807, 2.05) is 6.92 Å². The Balaban J connectivity index is 2.17. The summed E-state index contributed by atoms with van der Waals surface area (Å²) in [5, 5.41) is 3.44. The molecule has 0 amide bonds. The van der Waals surface area contributed by atoms with Crippen LogP contribution in [0, 0.1) is 6.92 Å². The SMILES string of the molecule is CCOC1CN(S(=O)(=O)c2c(N)noc2C)C1. The molecule has 1 aliphatic heterocycles. The zero-order valence-electron chi connectivity index (χ0n) is 9.71. The molecule has 17 heavy (non-hydrogen) atoms. The maximum atomic E-state index is 12.2. The summed E-state index contributed by atoms with van der Waals surface area (Å²) < 4.78 is 35.7. The number of aromatic nitrogens is 1. The molecule has 0 aliphatic carbocycles. The monoisotopic (exact) mass is 261 g/mol. The van der Waals surface area contributed by atoms with Gasteiger partial charge in [0.05, 0.1) is 6.10 Å². The van der Waals surface area contributed by atoms with E-state index in [1.165, 1.54) is 11.2 Å². The van der Waals surface area contributed by atoms with Crippen molar-refractivity contribution < 1.29 is 17.7 Å². The van der Waals surface area contributed by atoms with Crippen molar-refractivity contribution in [1.29, 1.82) is 0 Å². The highest BCUT2D eigenvalue weighted by atomic mass is 32.2. The van der Waals surface area contributed by atoms with Crippen LogP contribution in [0.2, 0.25) is 0 Å². The molecule has 1 fully saturated rings. The second-order valence-corrected chi connectivity index (χ2v) is 5.73. The van der Waals surface area contributed by atoms with Crippen LogP contribution in [0.5, 0.6) is 0 Å². The van der Waals surface area contributed by atoms with Crippen LogP contribution in [0.3, 0.4) is 0 Å². The molecule has 2 heterocycles. The van der Waals surface area contributed by atoms with E-state index in [-0.39, 0.29) is 22.6 Å².